The minimum Gasteiger partial charge on any atom is -0.454 e. The van der Waals surface area contributed by atoms with Crippen molar-refractivity contribution in [3.05, 3.63) is 59.9 Å². The molecular formula is C18H14N6O3. The molecule has 4 N–H and O–H groups in total. The van der Waals surface area contributed by atoms with E-state index in [1.807, 2.05) is 30.3 Å². The summed E-state index contributed by atoms with van der Waals surface area (Å²) in [5.41, 5.74) is 12.8. The molecule has 0 spiro atoms. The second kappa shape index (κ2) is 6.71. The highest BCUT2D eigenvalue weighted by atomic mass is 16.5. The van der Waals surface area contributed by atoms with Gasteiger partial charge in [-0.05, 0) is 18.2 Å². The molecule has 2 aromatic heterocycles. The number of nitrogen functional groups attached to an aromatic ring is 2. The third-order valence-electron chi connectivity index (χ3n) is 3.80. The van der Waals surface area contributed by atoms with E-state index in [4.69, 9.17) is 20.7 Å². The topological polar surface area (TPSA) is 143 Å². The summed E-state index contributed by atoms with van der Waals surface area (Å²) in [6, 6.07) is 14.5. The molecule has 0 fully saturated rings. The molecule has 0 saturated heterocycles. The highest BCUT2D eigenvalue weighted by Crippen LogP contribution is 2.29. The van der Waals surface area contributed by atoms with Gasteiger partial charge in [-0.1, -0.05) is 35.5 Å². The van der Waals surface area contributed by atoms with Crippen LogP contribution in [0.4, 0.5) is 11.9 Å². The monoisotopic (exact) mass is 362 g/mol. The lowest BCUT2D eigenvalue weighted by Crippen LogP contribution is -2.11. The van der Waals surface area contributed by atoms with Crippen molar-refractivity contribution in [2.45, 2.75) is 6.61 Å². The van der Waals surface area contributed by atoms with Crippen molar-refractivity contribution in [1.29, 1.82) is 0 Å². The Balaban J connectivity index is 1.59. The van der Waals surface area contributed by atoms with Crippen LogP contribution in [0.2, 0.25) is 0 Å². The molecule has 4 aromatic rings. The molecule has 0 radical (unpaired) electrons. The third kappa shape index (κ3) is 3.38. The number of nitrogens with two attached hydrogens (primary N) is 2. The molecule has 0 amide bonds. The third-order valence-corrected chi connectivity index (χ3v) is 3.80. The second-order valence-electron chi connectivity index (χ2n) is 5.65. The number of carbonyl (C=O) groups is 1. The first kappa shape index (κ1) is 16.5. The average molecular weight is 362 g/mol. The van der Waals surface area contributed by atoms with E-state index in [9.17, 15) is 4.79 Å². The number of anilines is 2. The van der Waals surface area contributed by atoms with Gasteiger partial charge in [0.2, 0.25) is 11.9 Å². The average Bonchev–Trinajstić information content (AvgIpc) is 3.09. The van der Waals surface area contributed by atoms with E-state index in [0.29, 0.717) is 22.2 Å². The molecular weight excluding hydrogens is 348 g/mol. The van der Waals surface area contributed by atoms with Gasteiger partial charge in [-0.15, -0.1) is 0 Å². The molecule has 0 aliphatic carbocycles. The molecule has 9 nitrogen and oxygen atoms in total. The van der Waals surface area contributed by atoms with Crippen molar-refractivity contribution < 1.29 is 14.1 Å². The number of hydrogen-bond donors (Lipinski definition) is 2. The van der Waals surface area contributed by atoms with Gasteiger partial charge in [0.1, 0.15) is 5.52 Å². The quantitative estimate of drug-likeness (QED) is 0.522. The summed E-state index contributed by atoms with van der Waals surface area (Å²) in [5.74, 6) is 0.135. The normalized spacial score (nSPS) is 10.8. The van der Waals surface area contributed by atoms with Crippen molar-refractivity contribution >= 4 is 28.8 Å². The predicted octanol–water partition coefficient (Wildman–Crippen LogP) is 2.20. The number of rotatable bonds is 4. The lowest BCUT2D eigenvalue weighted by atomic mass is 10.1. The maximum atomic E-state index is 12.4. The summed E-state index contributed by atoms with van der Waals surface area (Å²) in [7, 11) is 0. The number of fused-ring (bicyclic) bond motifs is 1. The van der Waals surface area contributed by atoms with Crippen LogP contribution in [0.15, 0.2) is 53.1 Å². The Morgan fingerprint density at radius 3 is 2.48 bits per heavy atom. The highest BCUT2D eigenvalue weighted by molar-refractivity contribution is 5.98. The number of carbonyl (C=O) groups excluding carboxylic acids is 1. The van der Waals surface area contributed by atoms with Gasteiger partial charge in [0, 0.05) is 5.56 Å². The van der Waals surface area contributed by atoms with Crippen LogP contribution in [0.5, 0.6) is 0 Å². The van der Waals surface area contributed by atoms with Gasteiger partial charge in [-0.3, -0.25) is 0 Å². The molecule has 0 atom stereocenters. The van der Waals surface area contributed by atoms with Crippen LogP contribution < -0.4 is 11.5 Å². The molecule has 0 aliphatic heterocycles. The zero-order valence-corrected chi connectivity index (χ0v) is 14.0. The van der Waals surface area contributed by atoms with Gasteiger partial charge >= 0.3 is 5.97 Å². The van der Waals surface area contributed by atoms with Gasteiger partial charge in [-0.25, -0.2) is 4.79 Å². The molecule has 0 aliphatic rings. The van der Waals surface area contributed by atoms with Crippen molar-refractivity contribution in [3.63, 3.8) is 0 Å². The molecule has 0 bridgehead atoms. The summed E-state index contributed by atoms with van der Waals surface area (Å²) in [6.07, 6.45) is 0. The number of benzene rings is 2. The smallest absolute Gasteiger partial charge is 0.338 e. The maximum absolute atomic E-state index is 12.4. The van der Waals surface area contributed by atoms with E-state index in [1.54, 1.807) is 18.2 Å². The van der Waals surface area contributed by atoms with Crippen LogP contribution >= 0.6 is 0 Å². The maximum Gasteiger partial charge on any atom is 0.338 e. The Morgan fingerprint density at radius 2 is 1.74 bits per heavy atom. The van der Waals surface area contributed by atoms with Crippen LogP contribution in [0.25, 0.3) is 22.2 Å². The SMILES string of the molecule is Nc1nc(N)nc(COC(=O)c2ccc3noc(-c4ccccc4)c3c2)n1. The minimum absolute atomic E-state index is 0.0352. The fraction of sp³-hybridized carbons (Fsp3) is 0.0556. The van der Waals surface area contributed by atoms with Crippen LogP contribution in [-0.2, 0) is 11.3 Å². The molecule has 0 unspecified atom stereocenters. The molecule has 0 saturated carbocycles. The van der Waals surface area contributed by atoms with Gasteiger partial charge in [0.15, 0.2) is 18.2 Å². The lowest BCUT2D eigenvalue weighted by molar-refractivity contribution is 0.0462. The first-order chi connectivity index (χ1) is 13.1. The Morgan fingerprint density at radius 1 is 1.00 bits per heavy atom. The highest BCUT2D eigenvalue weighted by Gasteiger charge is 2.15. The number of hydrogen-bond acceptors (Lipinski definition) is 9. The minimum atomic E-state index is -0.547. The van der Waals surface area contributed by atoms with E-state index in [1.165, 1.54) is 0 Å². The van der Waals surface area contributed by atoms with Crippen molar-refractivity contribution in [3.8, 4) is 11.3 Å². The van der Waals surface area contributed by atoms with Crippen LogP contribution in [0, 0.1) is 0 Å². The number of aromatic nitrogens is 4. The van der Waals surface area contributed by atoms with E-state index < -0.39 is 5.97 Å². The van der Waals surface area contributed by atoms with Gasteiger partial charge in [-0.2, -0.15) is 15.0 Å². The standard InChI is InChI=1S/C18H14N6O3/c19-17-21-14(22-18(20)23-17)9-26-16(25)11-6-7-13-12(8-11)15(27-24-13)10-4-2-1-3-5-10/h1-8H,9H2,(H4,19,20,21,22,23). The second-order valence-corrected chi connectivity index (χ2v) is 5.65. The van der Waals surface area contributed by atoms with Crippen LogP contribution in [0.3, 0.4) is 0 Å². The summed E-state index contributed by atoms with van der Waals surface area (Å²) < 4.78 is 10.7. The fourth-order valence-electron chi connectivity index (χ4n) is 2.60. The van der Waals surface area contributed by atoms with Gasteiger partial charge in [0.05, 0.1) is 10.9 Å². The Bertz CT molecular complexity index is 1110. The zero-order chi connectivity index (χ0) is 18.8. The van der Waals surface area contributed by atoms with E-state index in [0.717, 1.165) is 5.56 Å². The summed E-state index contributed by atoms with van der Waals surface area (Å²) in [4.78, 5) is 23.8. The van der Waals surface area contributed by atoms with E-state index in [2.05, 4.69) is 20.1 Å². The van der Waals surface area contributed by atoms with Crippen LogP contribution in [0.1, 0.15) is 16.2 Å². The van der Waals surface area contributed by atoms with Gasteiger partial charge < -0.3 is 20.7 Å². The number of ether oxygens (including phenoxy) is 1. The largest absolute Gasteiger partial charge is 0.454 e. The lowest BCUT2D eigenvalue weighted by Gasteiger charge is -2.05. The van der Waals surface area contributed by atoms with Crippen LogP contribution in [-0.4, -0.2) is 26.1 Å². The summed E-state index contributed by atoms with van der Waals surface area (Å²) >= 11 is 0. The Labute approximate surface area is 153 Å². The Hall–Kier alpha value is -4.01. The first-order valence-electron chi connectivity index (χ1n) is 7.98. The number of esters is 1. The van der Waals surface area contributed by atoms with Crippen molar-refractivity contribution in [2.24, 2.45) is 0 Å². The molecule has 134 valence electrons. The molecule has 4 rings (SSSR count). The zero-order valence-electron chi connectivity index (χ0n) is 14.0. The predicted molar refractivity (Wildman–Crippen MR) is 97.2 cm³/mol. The molecule has 9 heteroatoms. The molecule has 2 aromatic carbocycles. The molecule has 27 heavy (non-hydrogen) atoms. The van der Waals surface area contributed by atoms with E-state index in [-0.39, 0.29) is 24.3 Å². The number of nitrogens with zero attached hydrogens (tertiary/aromatic N) is 4. The van der Waals surface area contributed by atoms with Gasteiger partial charge in [0.25, 0.3) is 0 Å². The fourth-order valence-corrected chi connectivity index (χ4v) is 2.60. The summed E-state index contributed by atoms with van der Waals surface area (Å²) in [5, 5.41) is 4.74. The molecule has 2 heterocycles. The van der Waals surface area contributed by atoms with Crippen molar-refractivity contribution in [2.75, 3.05) is 11.5 Å². The first-order valence-corrected chi connectivity index (χ1v) is 7.98. The summed E-state index contributed by atoms with van der Waals surface area (Å²) in [6.45, 7) is -0.178. The Kier molecular flexibility index (Phi) is 4.09. The van der Waals surface area contributed by atoms with Crippen molar-refractivity contribution in [1.82, 2.24) is 20.1 Å². The van der Waals surface area contributed by atoms with E-state index >= 15 is 0 Å².